The molecule has 0 aromatic heterocycles. The molecule has 0 bridgehead atoms. The maximum absolute atomic E-state index is 4.41. The van der Waals surface area contributed by atoms with Gasteiger partial charge in [0.25, 0.3) is 0 Å². The second kappa shape index (κ2) is 7.11. The van der Waals surface area contributed by atoms with Crippen molar-refractivity contribution in [3.05, 3.63) is 47.6 Å². The largest absolute Gasteiger partial charge is 0.265 e. The lowest BCUT2D eigenvalue weighted by Gasteiger charge is -2.06. The van der Waals surface area contributed by atoms with Crippen LogP contribution < -0.4 is 0 Å². The fraction of sp³-hybridized carbons (Fsp3) is 0.400. The summed E-state index contributed by atoms with van der Waals surface area (Å²) >= 11 is 0. The van der Waals surface area contributed by atoms with Gasteiger partial charge in [0.2, 0.25) is 0 Å². The number of allylic oxidation sites excluding steroid dienone is 7. The molecule has 1 atom stereocenters. The molecule has 1 aliphatic rings. The van der Waals surface area contributed by atoms with E-state index in [4.69, 9.17) is 0 Å². The van der Waals surface area contributed by atoms with Crippen molar-refractivity contribution in [3.63, 3.8) is 0 Å². The highest BCUT2D eigenvalue weighted by atomic mass is 14.7. The number of aliphatic imine (C=N–C) groups is 1. The van der Waals surface area contributed by atoms with Crippen LogP contribution in [-0.4, -0.2) is 13.5 Å². The van der Waals surface area contributed by atoms with Gasteiger partial charge in [-0.1, -0.05) is 56.9 Å². The first kappa shape index (κ1) is 13.8. The molecule has 0 saturated heterocycles. The quantitative estimate of drug-likeness (QED) is 0.641. The Balaban J connectivity index is 2.89. The summed E-state index contributed by atoms with van der Waals surface area (Å²) in [6.45, 7) is 10.3. The summed E-state index contributed by atoms with van der Waals surface area (Å²) in [5.74, 6) is 0.359. The second-order valence-electron chi connectivity index (χ2n) is 4.49. The fourth-order valence-electron chi connectivity index (χ4n) is 1.64. The maximum Gasteiger partial charge on any atom is 0.151 e. The van der Waals surface area contributed by atoms with E-state index >= 15 is 0 Å². The Morgan fingerprint density at radius 2 is 2.18 bits per heavy atom. The van der Waals surface area contributed by atoms with Crippen molar-refractivity contribution < 1.29 is 0 Å². The predicted octanol–water partition coefficient (Wildman–Crippen LogP) is 4.14. The van der Waals surface area contributed by atoms with Crippen molar-refractivity contribution in [1.29, 1.82) is 0 Å². The Morgan fingerprint density at radius 3 is 2.88 bits per heavy atom. The zero-order valence-electron chi connectivity index (χ0n) is 11.1. The van der Waals surface area contributed by atoms with Crippen LogP contribution in [0.25, 0.3) is 0 Å². The van der Waals surface area contributed by atoms with Crippen molar-refractivity contribution in [2.45, 2.75) is 33.5 Å². The predicted molar refractivity (Wildman–Crippen MR) is 78.6 cm³/mol. The summed E-state index contributed by atoms with van der Waals surface area (Å²) in [5.41, 5.74) is 3.26. The number of hydrogen-bond donors (Lipinski definition) is 0. The summed E-state index contributed by atoms with van der Waals surface area (Å²) in [6.07, 6.45) is 12.7. The molecule has 0 amide bonds. The van der Waals surface area contributed by atoms with Crippen molar-refractivity contribution in [1.82, 2.24) is 0 Å². The molecule has 1 rings (SSSR count). The Morgan fingerprint density at radius 1 is 1.41 bits per heavy atom. The number of hydrogen-bond acceptors (Lipinski definition) is 1. The van der Waals surface area contributed by atoms with E-state index in [1.807, 2.05) is 19.2 Å². The standard InChI is InChI=1S/C15H21BN/c1-5-8-16-15-7-6-12(2)9-14(4)17-11-13(3)10-15/h6-7,9-11,13H,2,5,8H2,1,3-4H3/b7-6-,14-9?,15-10+,17-11?. The molecule has 89 valence electrons. The van der Waals surface area contributed by atoms with Crippen molar-refractivity contribution >= 4 is 13.5 Å². The van der Waals surface area contributed by atoms with Crippen LogP contribution >= 0.6 is 0 Å². The van der Waals surface area contributed by atoms with Crippen LogP contribution in [0.4, 0.5) is 0 Å². The van der Waals surface area contributed by atoms with E-state index in [0.29, 0.717) is 5.92 Å². The lowest BCUT2D eigenvalue weighted by atomic mass is 9.64. The van der Waals surface area contributed by atoms with Crippen molar-refractivity contribution in [2.75, 3.05) is 0 Å². The Bertz CT molecular complexity index is 386. The van der Waals surface area contributed by atoms with Gasteiger partial charge in [-0.15, -0.1) is 0 Å². The minimum atomic E-state index is 0.359. The van der Waals surface area contributed by atoms with Crippen molar-refractivity contribution in [3.8, 4) is 0 Å². The molecule has 1 unspecified atom stereocenters. The summed E-state index contributed by atoms with van der Waals surface area (Å²) in [7, 11) is 2.27. The van der Waals surface area contributed by atoms with E-state index < -0.39 is 0 Å². The van der Waals surface area contributed by atoms with Crippen LogP contribution in [-0.2, 0) is 0 Å². The number of nitrogens with zero attached hydrogens (tertiary/aromatic N) is 1. The topological polar surface area (TPSA) is 12.4 Å². The second-order valence-corrected chi connectivity index (χ2v) is 4.49. The van der Waals surface area contributed by atoms with E-state index in [9.17, 15) is 0 Å². The smallest absolute Gasteiger partial charge is 0.151 e. The Hall–Kier alpha value is -1.31. The van der Waals surface area contributed by atoms with Crippen LogP contribution in [0.2, 0.25) is 6.32 Å². The van der Waals surface area contributed by atoms with E-state index in [2.05, 4.69) is 50.9 Å². The first-order valence-electron chi connectivity index (χ1n) is 6.26. The van der Waals surface area contributed by atoms with Gasteiger partial charge in [-0.25, -0.2) is 0 Å². The fourth-order valence-corrected chi connectivity index (χ4v) is 1.64. The van der Waals surface area contributed by atoms with Gasteiger partial charge < -0.3 is 0 Å². The molecule has 0 spiro atoms. The Kier molecular flexibility index (Phi) is 5.75. The molecule has 17 heavy (non-hydrogen) atoms. The molecule has 1 heterocycles. The molecule has 0 saturated carbocycles. The molecule has 2 heteroatoms. The van der Waals surface area contributed by atoms with Gasteiger partial charge in [-0.05, 0) is 18.6 Å². The molecule has 1 radical (unpaired) electrons. The van der Waals surface area contributed by atoms with Gasteiger partial charge >= 0.3 is 0 Å². The van der Waals surface area contributed by atoms with E-state index in [1.54, 1.807) is 0 Å². The maximum atomic E-state index is 4.41. The molecule has 0 N–H and O–H groups in total. The molecule has 0 aromatic carbocycles. The third kappa shape index (κ3) is 5.53. The summed E-state index contributed by atoms with van der Waals surface area (Å²) < 4.78 is 0. The number of rotatable bonds is 3. The van der Waals surface area contributed by atoms with E-state index in [-0.39, 0.29) is 0 Å². The lowest BCUT2D eigenvalue weighted by molar-refractivity contribution is 1.01. The minimum absolute atomic E-state index is 0.359. The third-order valence-corrected chi connectivity index (χ3v) is 2.52. The van der Waals surface area contributed by atoms with Gasteiger partial charge in [-0.2, -0.15) is 0 Å². The highest BCUT2D eigenvalue weighted by molar-refractivity contribution is 6.46. The van der Waals surface area contributed by atoms with Gasteiger partial charge in [0, 0.05) is 17.8 Å². The van der Waals surface area contributed by atoms with Crippen LogP contribution in [0.15, 0.2) is 52.6 Å². The van der Waals surface area contributed by atoms with Gasteiger partial charge in [0.05, 0.1) is 0 Å². The van der Waals surface area contributed by atoms with Gasteiger partial charge in [0.15, 0.2) is 7.28 Å². The summed E-state index contributed by atoms with van der Waals surface area (Å²) in [6, 6.07) is 0. The van der Waals surface area contributed by atoms with Crippen LogP contribution in [0.5, 0.6) is 0 Å². The average molecular weight is 226 g/mol. The molecule has 1 nitrogen and oxygen atoms in total. The van der Waals surface area contributed by atoms with E-state index in [1.165, 1.54) is 11.9 Å². The molecule has 0 fully saturated rings. The average Bonchev–Trinajstić information content (AvgIpc) is 2.29. The Labute approximate surface area is 106 Å². The zero-order valence-corrected chi connectivity index (χ0v) is 11.1. The summed E-state index contributed by atoms with van der Waals surface area (Å²) in [4.78, 5) is 4.41. The molecular formula is C15H21BN. The van der Waals surface area contributed by atoms with E-state index in [0.717, 1.165) is 17.6 Å². The molecule has 0 aliphatic carbocycles. The zero-order chi connectivity index (χ0) is 12.7. The van der Waals surface area contributed by atoms with Crippen LogP contribution in [0.1, 0.15) is 27.2 Å². The SMILES string of the molecule is C=C1C=C(C)N=CC(C)/C=C([B]CCC)\C=C/1. The highest BCUT2D eigenvalue weighted by Gasteiger charge is 2.00. The van der Waals surface area contributed by atoms with Gasteiger partial charge in [-0.3, -0.25) is 4.99 Å². The minimum Gasteiger partial charge on any atom is -0.265 e. The summed E-state index contributed by atoms with van der Waals surface area (Å²) in [5, 5.41) is 0. The monoisotopic (exact) mass is 226 g/mol. The molecule has 0 aromatic rings. The molecule has 1 aliphatic heterocycles. The molecular weight excluding hydrogens is 205 g/mol. The third-order valence-electron chi connectivity index (χ3n) is 2.52. The van der Waals surface area contributed by atoms with Crippen molar-refractivity contribution in [2.24, 2.45) is 10.9 Å². The highest BCUT2D eigenvalue weighted by Crippen LogP contribution is 2.11. The first-order chi connectivity index (χ1) is 8.11. The van der Waals surface area contributed by atoms with Crippen LogP contribution in [0.3, 0.4) is 0 Å². The first-order valence-corrected chi connectivity index (χ1v) is 6.26. The van der Waals surface area contributed by atoms with Crippen LogP contribution in [0, 0.1) is 5.92 Å². The normalized spacial score (nSPS) is 25.8. The van der Waals surface area contributed by atoms with Gasteiger partial charge in [0.1, 0.15) is 0 Å². The lowest BCUT2D eigenvalue weighted by Crippen LogP contribution is -1.99.